The molecular weight excluding hydrogens is 308 g/mol. The maximum absolute atomic E-state index is 11.6. The molecule has 1 rings (SSSR count). The van der Waals surface area contributed by atoms with E-state index in [1.54, 1.807) is 6.07 Å². The van der Waals surface area contributed by atoms with Gasteiger partial charge in [-0.05, 0) is 47.3 Å². The number of hydrogen-bond donors (Lipinski definition) is 2. The summed E-state index contributed by atoms with van der Waals surface area (Å²) in [5, 5.41) is 2.85. The van der Waals surface area contributed by atoms with Crippen molar-refractivity contribution in [1.29, 1.82) is 0 Å². The number of rotatable bonds is 6. The Balaban J connectivity index is 2.18. The number of nitrogens with one attached hydrogen (secondary N) is 1. The highest BCUT2D eigenvalue weighted by Gasteiger charge is 2.06. The monoisotopic (exact) mass is 320 g/mol. The molecule has 1 amide bonds. The predicted molar refractivity (Wildman–Crippen MR) is 75.0 cm³/mol. The lowest BCUT2D eigenvalue weighted by molar-refractivity contribution is 0.0957. The average molecular weight is 321 g/mol. The highest BCUT2D eigenvalue weighted by Crippen LogP contribution is 2.21. The van der Waals surface area contributed by atoms with E-state index in [2.05, 4.69) is 21.2 Å². The summed E-state index contributed by atoms with van der Waals surface area (Å²) in [6, 6.07) is 3.67. The second-order valence-electron chi connectivity index (χ2n) is 3.28. The molecule has 0 bridgehead atoms. The number of carbonyl (C=O) groups excluding carboxylic acids is 1. The zero-order chi connectivity index (χ0) is 12.0. The molecule has 0 radical (unpaired) electrons. The molecule has 0 saturated heterocycles. The maximum atomic E-state index is 11.6. The smallest absolute Gasteiger partial charge is 0.261 e. The lowest BCUT2D eigenvalue weighted by Gasteiger charge is -2.02. The van der Waals surface area contributed by atoms with Gasteiger partial charge in [-0.15, -0.1) is 11.3 Å². The van der Waals surface area contributed by atoms with E-state index in [-0.39, 0.29) is 5.91 Å². The Labute approximate surface area is 113 Å². The van der Waals surface area contributed by atoms with E-state index >= 15 is 0 Å². The lowest BCUT2D eigenvalue weighted by atomic mass is 10.2. The van der Waals surface area contributed by atoms with Crippen molar-refractivity contribution in [2.45, 2.75) is 19.3 Å². The van der Waals surface area contributed by atoms with Gasteiger partial charge < -0.3 is 11.1 Å². The van der Waals surface area contributed by atoms with Gasteiger partial charge in [0, 0.05) is 6.54 Å². The summed E-state index contributed by atoms with van der Waals surface area (Å²) in [5.41, 5.74) is 5.37. The first kappa shape index (κ1) is 13.6. The highest BCUT2D eigenvalue weighted by molar-refractivity contribution is 9.11. The molecule has 0 aliphatic rings. The topological polar surface area (TPSA) is 55.1 Å². The van der Waals surface area contributed by atoms with Crippen LogP contribution in [0.2, 0.25) is 0 Å². The Morgan fingerprint density at radius 2 is 2.25 bits per heavy atom. The van der Waals surface area contributed by atoms with Gasteiger partial charge in [-0.3, -0.25) is 4.79 Å². The number of halogens is 1. The van der Waals surface area contributed by atoms with Crippen molar-refractivity contribution in [1.82, 2.24) is 5.32 Å². The van der Waals surface area contributed by atoms with Crippen LogP contribution in [0.15, 0.2) is 15.9 Å². The van der Waals surface area contributed by atoms with Gasteiger partial charge in [0.15, 0.2) is 0 Å². The fourth-order valence-corrected chi connectivity index (χ4v) is 2.60. The van der Waals surface area contributed by atoms with Crippen LogP contribution in [0.3, 0.4) is 0 Å². The molecule has 1 aromatic rings. The van der Waals surface area contributed by atoms with E-state index in [9.17, 15) is 4.79 Å². The van der Waals surface area contributed by atoms with Gasteiger partial charge in [0.2, 0.25) is 0 Å². The molecule has 3 nitrogen and oxygen atoms in total. The third kappa shape index (κ3) is 5.05. The molecule has 0 unspecified atom stereocenters. The summed E-state index contributed by atoms with van der Waals surface area (Å²) in [5.74, 6) is -0.0222. The van der Waals surface area contributed by atoms with E-state index < -0.39 is 0 Å². The summed E-state index contributed by atoms with van der Waals surface area (Å²) < 4.78 is 0.964. The second-order valence-corrected chi connectivity index (χ2v) is 6.27. The molecule has 16 heavy (non-hydrogen) atoms. The minimum atomic E-state index is -0.0222. The Bertz CT molecular complexity index is 379. The quantitative estimate of drug-likeness (QED) is 0.626. The summed E-state index contributed by atoms with van der Waals surface area (Å²) in [7, 11) is 0. The average Bonchev–Trinajstić information content (AvgIpc) is 2.63. The van der Waals surface area contributed by atoms with Crippen LogP contribution < -0.4 is 11.1 Å². The van der Waals surface area contributed by atoms with E-state index in [1.165, 1.54) is 11.3 Å². The van der Waals surface area contributed by atoms with Crippen LogP contribution >= 0.6 is 39.5 Å². The molecule has 6 heteroatoms. The number of unbranched alkanes of at least 4 members (excludes halogenated alkanes) is 1. The minimum Gasteiger partial charge on any atom is -0.393 e. The zero-order valence-electron chi connectivity index (χ0n) is 8.66. The van der Waals surface area contributed by atoms with E-state index in [0.29, 0.717) is 11.5 Å². The van der Waals surface area contributed by atoms with E-state index in [1.807, 2.05) is 6.07 Å². The number of carbonyl (C=O) groups is 1. The van der Waals surface area contributed by atoms with Crippen molar-refractivity contribution in [3.05, 3.63) is 20.8 Å². The number of nitrogens with two attached hydrogens (primary N) is 1. The Hall–Kier alpha value is -0.460. The van der Waals surface area contributed by atoms with Crippen molar-refractivity contribution in [2.75, 3.05) is 6.54 Å². The van der Waals surface area contributed by atoms with Gasteiger partial charge in [-0.25, -0.2) is 0 Å². The van der Waals surface area contributed by atoms with Crippen LogP contribution in [0.25, 0.3) is 0 Å². The normalized spacial score (nSPS) is 10.1. The van der Waals surface area contributed by atoms with Crippen LogP contribution in [0.1, 0.15) is 28.9 Å². The Morgan fingerprint density at radius 3 is 2.81 bits per heavy atom. The minimum absolute atomic E-state index is 0.0222. The van der Waals surface area contributed by atoms with Crippen LogP contribution in [0.4, 0.5) is 0 Å². The molecule has 0 aliphatic carbocycles. The molecule has 0 spiro atoms. The fourth-order valence-electron chi connectivity index (χ4n) is 1.15. The summed E-state index contributed by atoms with van der Waals surface area (Å²) in [6.07, 6.45) is 2.56. The largest absolute Gasteiger partial charge is 0.393 e. The molecule has 1 aromatic heterocycles. The molecule has 0 aromatic carbocycles. The number of thiophene rings is 1. The van der Waals surface area contributed by atoms with Crippen molar-refractivity contribution in [2.24, 2.45) is 5.73 Å². The van der Waals surface area contributed by atoms with Crippen LogP contribution in [0, 0.1) is 0 Å². The Morgan fingerprint density at radius 1 is 1.50 bits per heavy atom. The van der Waals surface area contributed by atoms with Gasteiger partial charge in [0.1, 0.15) is 0 Å². The summed E-state index contributed by atoms with van der Waals surface area (Å²) in [6.45, 7) is 0.664. The van der Waals surface area contributed by atoms with Gasteiger partial charge in [-0.1, -0.05) is 12.2 Å². The molecule has 1 heterocycles. The second kappa shape index (κ2) is 6.98. The van der Waals surface area contributed by atoms with Crippen molar-refractivity contribution < 1.29 is 4.79 Å². The molecule has 0 saturated carbocycles. The van der Waals surface area contributed by atoms with Crippen molar-refractivity contribution in [3.8, 4) is 0 Å². The van der Waals surface area contributed by atoms with Crippen LogP contribution in [0.5, 0.6) is 0 Å². The SMILES string of the molecule is NC(=S)CCCCNC(=O)c1ccc(Br)s1. The first-order chi connectivity index (χ1) is 7.59. The number of hydrogen-bond acceptors (Lipinski definition) is 3. The standard InChI is InChI=1S/C10H13BrN2OS2/c11-8-5-4-7(16-8)10(14)13-6-2-1-3-9(12)15/h4-5H,1-3,6H2,(H2,12,15)(H,13,14). The molecular formula is C10H13BrN2OS2. The third-order valence-corrected chi connectivity index (χ3v) is 3.76. The maximum Gasteiger partial charge on any atom is 0.261 e. The first-order valence-electron chi connectivity index (χ1n) is 4.91. The van der Waals surface area contributed by atoms with Crippen molar-refractivity contribution in [3.63, 3.8) is 0 Å². The highest BCUT2D eigenvalue weighted by atomic mass is 79.9. The van der Waals surface area contributed by atoms with Crippen LogP contribution in [-0.4, -0.2) is 17.4 Å². The molecule has 0 fully saturated rings. The zero-order valence-corrected chi connectivity index (χ0v) is 11.9. The predicted octanol–water partition coefficient (Wildman–Crippen LogP) is 2.70. The van der Waals surface area contributed by atoms with Gasteiger partial charge in [-0.2, -0.15) is 0 Å². The third-order valence-electron chi connectivity index (χ3n) is 1.93. The van der Waals surface area contributed by atoms with Gasteiger partial charge in [0.25, 0.3) is 5.91 Å². The molecule has 0 atom stereocenters. The number of thiocarbonyl (C=S) groups is 1. The molecule has 88 valence electrons. The van der Waals surface area contributed by atoms with E-state index in [0.717, 1.165) is 27.9 Å². The Kier molecular flexibility index (Phi) is 5.94. The summed E-state index contributed by atoms with van der Waals surface area (Å²) >= 11 is 9.51. The lowest BCUT2D eigenvalue weighted by Crippen LogP contribution is -2.23. The number of amides is 1. The van der Waals surface area contributed by atoms with Crippen LogP contribution in [-0.2, 0) is 0 Å². The molecule has 3 N–H and O–H groups in total. The van der Waals surface area contributed by atoms with Gasteiger partial charge >= 0.3 is 0 Å². The first-order valence-corrected chi connectivity index (χ1v) is 6.93. The van der Waals surface area contributed by atoms with E-state index in [4.69, 9.17) is 18.0 Å². The van der Waals surface area contributed by atoms with Crippen molar-refractivity contribution >= 4 is 50.4 Å². The fraction of sp³-hybridized carbons (Fsp3) is 0.400. The van der Waals surface area contributed by atoms with Gasteiger partial charge in [0.05, 0.1) is 13.7 Å². The molecule has 0 aliphatic heterocycles. The summed E-state index contributed by atoms with van der Waals surface area (Å²) in [4.78, 5) is 12.8.